The van der Waals surface area contributed by atoms with Crippen LogP contribution in [-0.4, -0.2) is 58.5 Å². The zero-order valence-electron chi connectivity index (χ0n) is 20.1. The van der Waals surface area contributed by atoms with Gasteiger partial charge in [0.1, 0.15) is 11.9 Å². The minimum absolute atomic E-state index is 0.0565. The van der Waals surface area contributed by atoms with Crippen LogP contribution in [0.4, 0.5) is 19.0 Å². The predicted molar refractivity (Wildman–Crippen MR) is 124 cm³/mol. The molecule has 2 aromatic rings. The fourth-order valence-electron chi connectivity index (χ4n) is 5.43. The van der Waals surface area contributed by atoms with Crippen LogP contribution in [0.3, 0.4) is 0 Å². The average Bonchev–Trinajstić information content (AvgIpc) is 3.64. The molecule has 37 heavy (non-hydrogen) atoms. The number of aromatic nitrogens is 2. The number of aromatic carboxylic acids is 1. The number of carbonyl (C=O) groups excluding carboxylic acids is 2. The lowest BCUT2D eigenvalue weighted by molar-refractivity contribution is -0.137. The first-order chi connectivity index (χ1) is 17.6. The van der Waals surface area contributed by atoms with Gasteiger partial charge in [0, 0.05) is 36.8 Å². The molecule has 3 heterocycles. The minimum Gasteiger partial charge on any atom is -0.476 e. The largest absolute Gasteiger partial charge is 0.476 e. The monoisotopic (exact) mass is 520 g/mol. The molecule has 1 saturated carbocycles. The first-order valence-corrected chi connectivity index (χ1v) is 12.3. The summed E-state index contributed by atoms with van der Waals surface area (Å²) in [4.78, 5) is 40.6. The van der Waals surface area contributed by atoms with E-state index >= 15 is 0 Å². The molecule has 0 radical (unpaired) electrons. The van der Waals surface area contributed by atoms with Gasteiger partial charge in [0.05, 0.1) is 11.6 Å². The molecular formula is C25H27F3N4O5. The number of nitrogens with zero attached hydrogens (tertiary/aromatic N) is 3. The second-order valence-corrected chi connectivity index (χ2v) is 9.65. The van der Waals surface area contributed by atoms with Crippen LogP contribution in [-0.2, 0) is 15.7 Å². The Labute approximate surface area is 210 Å². The summed E-state index contributed by atoms with van der Waals surface area (Å²) in [7, 11) is 0. The van der Waals surface area contributed by atoms with E-state index in [0.717, 1.165) is 31.0 Å². The number of ether oxygens (including phenoxy) is 1. The van der Waals surface area contributed by atoms with E-state index in [4.69, 9.17) is 4.74 Å². The number of carbonyl (C=O) groups is 3. The van der Waals surface area contributed by atoms with E-state index in [1.807, 2.05) is 0 Å². The summed E-state index contributed by atoms with van der Waals surface area (Å²) < 4.78 is 46.7. The number of anilines is 1. The predicted octanol–water partition coefficient (Wildman–Crippen LogP) is 3.61. The Balaban J connectivity index is 1.57. The molecule has 12 heteroatoms. The van der Waals surface area contributed by atoms with Crippen molar-refractivity contribution >= 4 is 23.6 Å². The number of hydrogen-bond acceptors (Lipinski definition) is 5. The highest BCUT2D eigenvalue weighted by Gasteiger charge is 2.52. The lowest BCUT2D eigenvalue weighted by atomic mass is 9.82. The van der Waals surface area contributed by atoms with Gasteiger partial charge in [0.2, 0.25) is 0 Å². The minimum atomic E-state index is -4.63. The Morgan fingerprint density at radius 3 is 2.49 bits per heavy atom. The summed E-state index contributed by atoms with van der Waals surface area (Å²) in [6, 6.07) is 2.71. The summed E-state index contributed by atoms with van der Waals surface area (Å²) in [5, 5.41) is 17.1. The summed E-state index contributed by atoms with van der Waals surface area (Å²) in [5.41, 5.74) is -0.973. The van der Waals surface area contributed by atoms with Crippen LogP contribution < -0.4 is 10.2 Å². The van der Waals surface area contributed by atoms with Crippen molar-refractivity contribution in [1.29, 1.82) is 0 Å². The SMILES string of the molecule is CCN1C(=O)[C@@H](NC(=O)c2cccc(C(F)(F)F)c2)[C@@H](C2CC2)c2c(C(=O)O)nn(C3CCOCC3)c21. The number of likely N-dealkylation sites (N-methyl/N-ethyl adjacent to an activating group) is 1. The van der Waals surface area contributed by atoms with Gasteiger partial charge < -0.3 is 15.2 Å². The normalized spacial score (nSPS) is 22.6. The van der Waals surface area contributed by atoms with E-state index in [1.165, 1.54) is 11.0 Å². The van der Waals surface area contributed by atoms with Crippen molar-refractivity contribution in [3.63, 3.8) is 0 Å². The first kappa shape index (κ1) is 25.2. The smallest absolute Gasteiger partial charge is 0.416 e. The molecule has 2 atom stereocenters. The van der Waals surface area contributed by atoms with Crippen LogP contribution in [0.1, 0.15) is 76.5 Å². The van der Waals surface area contributed by atoms with Crippen LogP contribution in [0.15, 0.2) is 24.3 Å². The molecule has 0 unspecified atom stereocenters. The number of nitrogens with one attached hydrogen (secondary N) is 1. The highest BCUT2D eigenvalue weighted by molar-refractivity contribution is 6.06. The van der Waals surface area contributed by atoms with Crippen molar-refractivity contribution in [2.24, 2.45) is 5.92 Å². The molecule has 1 aromatic heterocycles. The molecule has 5 rings (SSSR count). The van der Waals surface area contributed by atoms with E-state index in [0.29, 0.717) is 37.4 Å². The number of amides is 2. The number of alkyl halides is 3. The fraction of sp³-hybridized carbons (Fsp3) is 0.520. The topological polar surface area (TPSA) is 114 Å². The maximum atomic E-state index is 13.8. The molecule has 2 N–H and O–H groups in total. The number of rotatable bonds is 6. The molecule has 1 aromatic carbocycles. The number of hydrogen-bond donors (Lipinski definition) is 2. The third kappa shape index (κ3) is 4.58. The van der Waals surface area contributed by atoms with Crippen molar-refractivity contribution in [2.45, 2.75) is 56.8 Å². The lowest BCUT2D eigenvalue weighted by Gasteiger charge is -2.39. The number of benzene rings is 1. The Bertz CT molecular complexity index is 1230. The highest BCUT2D eigenvalue weighted by atomic mass is 19.4. The molecule has 198 valence electrons. The Morgan fingerprint density at radius 2 is 1.89 bits per heavy atom. The standard InChI is InChI=1S/C25H27F3N4O5/c1-2-31-22-18(20(24(35)36)30-32(22)16-8-10-37-11-9-16)17(13-6-7-13)19(23(31)34)29-21(33)14-4-3-5-15(12-14)25(26,27)28/h3-5,12-13,16-17,19H,2,6-11H2,1H3,(H,29,33)(H,35,36)/t17-,19-/m0/s1. The molecule has 1 aliphatic carbocycles. The van der Waals surface area contributed by atoms with Crippen LogP contribution in [0.25, 0.3) is 0 Å². The molecule has 2 aliphatic heterocycles. The highest BCUT2D eigenvalue weighted by Crippen LogP contribution is 2.52. The maximum Gasteiger partial charge on any atom is 0.416 e. The van der Waals surface area contributed by atoms with E-state index in [1.54, 1.807) is 11.6 Å². The second kappa shape index (κ2) is 9.47. The summed E-state index contributed by atoms with van der Waals surface area (Å²) >= 11 is 0. The van der Waals surface area contributed by atoms with Gasteiger partial charge in [-0.2, -0.15) is 18.3 Å². The third-order valence-electron chi connectivity index (χ3n) is 7.33. The van der Waals surface area contributed by atoms with Crippen molar-refractivity contribution in [1.82, 2.24) is 15.1 Å². The molecule has 3 aliphatic rings. The van der Waals surface area contributed by atoms with Gasteiger partial charge in [-0.25, -0.2) is 9.48 Å². The van der Waals surface area contributed by atoms with Crippen LogP contribution in [0, 0.1) is 5.92 Å². The Kier molecular flexibility index (Phi) is 6.47. The van der Waals surface area contributed by atoms with Crippen LogP contribution >= 0.6 is 0 Å². The molecule has 2 fully saturated rings. The number of carboxylic acids is 1. The number of carboxylic acid groups (broad SMARTS) is 1. The summed E-state index contributed by atoms with van der Waals surface area (Å²) in [6.07, 6.45) is -1.93. The van der Waals surface area contributed by atoms with Gasteiger partial charge in [-0.1, -0.05) is 6.07 Å². The quantitative estimate of drug-likeness (QED) is 0.602. The maximum absolute atomic E-state index is 13.8. The number of halogens is 3. The van der Waals surface area contributed by atoms with Gasteiger partial charge in [0.15, 0.2) is 5.69 Å². The van der Waals surface area contributed by atoms with E-state index < -0.39 is 41.5 Å². The van der Waals surface area contributed by atoms with E-state index in [9.17, 15) is 32.7 Å². The van der Waals surface area contributed by atoms with Crippen molar-refractivity contribution < 1.29 is 37.4 Å². The van der Waals surface area contributed by atoms with Gasteiger partial charge in [0.25, 0.3) is 11.8 Å². The van der Waals surface area contributed by atoms with Gasteiger partial charge in [-0.3, -0.25) is 14.5 Å². The molecule has 0 bridgehead atoms. The summed E-state index contributed by atoms with van der Waals surface area (Å²) in [6.45, 7) is 2.92. The van der Waals surface area contributed by atoms with Gasteiger partial charge in [-0.15, -0.1) is 0 Å². The third-order valence-corrected chi connectivity index (χ3v) is 7.33. The van der Waals surface area contributed by atoms with Crippen molar-refractivity contribution in [3.05, 3.63) is 46.6 Å². The Hall–Kier alpha value is -3.41. The molecular weight excluding hydrogens is 493 g/mol. The van der Waals surface area contributed by atoms with Gasteiger partial charge >= 0.3 is 12.1 Å². The molecule has 2 amide bonds. The van der Waals surface area contributed by atoms with E-state index in [-0.39, 0.29) is 29.8 Å². The lowest BCUT2D eigenvalue weighted by Crippen LogP contribution is -2.56. The van der Waals surface area contributed by atoms with Crippen molar-refractivity contribution in [2.75, 3.05) is 24.7 Å². The zero-order chi connectivity index (χ0) is 26.5. The molecule has 1 saturated heterocycles. The van der Waals surface area contributed by atoms with Crippen LogP contribution in [0.2, 0.25) is 0 Å². The van der Waals surface area contributed by atoms with Gasteiger partial charge in [-0.05, 0) is 56.7 Å². The van der Waals surface area contributed by atoms with E-state index in [2.05, 4.69) is 10.4 Å². The first-order valence-electron chi connectivity index (χ1n) is 12.3. The molecule has 9 nitrogen and oxygen atoms in total. The number of fused-ring (bicyclic) bond motifs is 1. The molecule has 0 spiro atoms. The van der Waals surface area contributed by atoms with Crippen molar-refractivity contribution in [3.8, 4) is 0 Å². The average molecular weight is 521 g/mol. The zero-order valence-corrected chi connectivity index (χ0v) is 20.1. The summed E-state index contributed by atoms with van der Waals surface area (Å²) in [5.74, 6) is -2.78. The Morgan fingerprint density at radius 1 is 1.19 bits per heavy atom. The second-order valence-electron chi connectivity index (χ2n) is 9.65. The fourth-order valence-corrected chi connectivity index (χ4v) is 5.43. The van der Waals surface area contributed by atoms with Crippen LogP contribution in [0.5, 0.6) is 0 Å².